The largest absolute Gasteiger partial charge is 0.444 e. The second-order valence-corrected chi connectivity index (χ2v) is 5.60. The van der Waals surface area contributed by atoms with Crippen molar-refractivity contribution in [1.82, 2.24) is 10.6 Å². The molecule has 0 spiro atoms. The summed E-state index contributed by atoms with van der Waals surface area (Å²) < 4.78 is 5.41. The van der Waals surface area contributed by atoms with E-state index in [1.807, 2.05) is 19.1 Å². The normalized spacial score (nSPS) is 11.3. The van der Waals surface area contributed by atoms with Gasteiger partial charge in [-0.25, -0.2) is 9.59 Å². The molecular formula is C20H22N2O4. The Hall–Kier alpha value is -3.15. The molecule has 0 aliphatic rings. The standard InChI is InChI=1S/C20H22N2O4/c1-3-14-10-12-16(13-11-14)19(24)26-17(15-8-6-5-7-9-15)18(23)22-20(25)21-4-2/h5-13,17H,3-4H2,1-2H3,(H2,21,22,23,25)/t17-/m1/s1. The second kappa shape index (κ2) is 9.36. The minimum Gasteiger partial charge on any atom is -0.444 e. The van der Waals surface area contributed by atoms with Crippen molar-refractivity contribution in [3.8, 4) is 0 Å². The van der Waals surface area contributed by atoms with E-state index in [0.29, 0.717) is 17.7 Å². The van der Waals surface area contributed by atoms with Gasteiger partial charge >= 0.3 is 12.0 Å². The SMILES string of the molecule is CCNC(=O)NC(=O)[C@H](OC(=O)c1ccc(CC)cc1)c1ccccc1. The summed E-state index contributed by atoms with van der Waals surface area (Å²) in [4.78, 5) is 36.5. The number of ether oxygens (including phenoxy) is 1. The minimum absolute atomic E-state index is 0.342. The first kappa shape index (κ1) is 19.2. The lowest BCUT2D eigenvalue weighted by Gasteiger charge is -2.18. The van der Waals surface area contributed by atoms with E-state index in [0.717, 1.165) is 12.0 Å². The number of carbonyl (C=O) groups is 3. The van der Waals surface area contributed by atoms with Crippen LogP contribution in [0.15, 0.2) is 54.6 Å². The molecule has 26 heavy (non-hydrogen) atoms. The van der Waals surface area contributed by atoms with Gasteiger partial charge in [-0.2, -0.15) is 0 Å². The number of aryl methyl sites for hydroxylation is 1. The maximum absolute atomic E-state index is 12.4. The molecule has 0 bridgehead atoms. The number of hydrogen-bond donors (Lipinski definition) is 2. The van der Waals surface area contributed by atoms with Crippen LogP contribution in [0.1, 0.15) is 41.4 Å². The highest BCUT2D eigenvalue weighted by molar-refractivity contribution is 5.99. The van der Waals surface area contributed by atoms with Crippen LogP contribution in [0.4, 0.5) is 4.79 Å². The summed E-state index contributed by atoms with van der Waals surface area (Å²) in [5.41, 5.74) is 1.91. The second-order valence-electron chi connectivity index (χ2n) is 5.60. The van der Waals surface area contributed by atoms with Gasteiger partial charge in [0.2, 0.25) is 6.10 Å². The third-order valence-electron chi connectivity index (χ3n) is 3.74. The van der Waals surface area contributed by atoms with Crippen molar-refractivity contribution in [2.45, 2.75) is 26.4 Å². The third-order valence-corrected chi connectivity index (χ3v) is 3.74. The highest BCUT2D eigenvalue weighted by atomic mass is 16.5. The lowest BCUT2D eigenvalue weighted by molar-refractivity contribution is -0.129. The van der Waals surface area contributed by atoms with Crippen LogP contribution in [0.25, 0.3) is 0 Å². The van der Waals surface area contributed by atoms with Crippen molar-refractivity contribution >= 4 is 17.9 Å². The molecule has 0 saturated heterocycles. The van der Waals surface area contributed by atoms with Gasteiger partial charge in [-0.1, -0.05) is 49.4 Å². The maximum atomic E-state index is 12.4. The molecule has 0 radical (unpaired) electrons. The molecule has 2 N–H and O–H groups in total. The monoisotopic (exact) mass is 354 g/mol. The fraction of sp³-hybridized carbons (Fsp3) is 0.250. The Morgan fingerprint density at radius 3 is 2.19 bits per heavy atom. The Morgan fingerprint density at radius 1 is 0.962 bits per heavy atom. The van der Waals surface area contributed by atoms with E-state index in [1.54, 1.807) is 49.4 Å². The van der Waals surface area contributed by atoms with Gasteiger partial charge in [-0.3, -0.25) is 10.1 Å². The molecule has 136 valence electrons. The predicted octanol–water partition coefficient (Wildman–Crippen LogP) is 2.99. The van der Waals surface area contributed by atoms with Crippen molar-refractivity contribution in [3.63, 3.8) is 0 Å². The number of esters is 1. The topological polar surface area (TPSA) is 84.5 Å². The lowest BCUT2D eigenvalue weighted by atomic mass is 10.1. The number of carbonyl (C=O) groups excluding carboxylic acids is 3. The first-order chi connectivity index (χ1) is 12.5. The van der Waals surface area contributed by atoms with Gasteiger partial charge in [0, 0.05) is 12.1 Å². The summed E-state index contributed by atoms with van der Waals surface area (Å²) in [5, 5.41) is 4.66. The number of benzene rings is 2. The first-order valence-electron chi connectivity index (χ1n) is 8.48. The van der Waals surface area contributed by atoms with Gasteiger partial charge < -0.3 is 10.1 Å². The molecule has 1 atom stereocenters. The van der Waals surface area contributed by atoms with E-state index in [2.05, 4.69) is 10.6 Å². The zero-order chi connectivity index (χ0) is 18.9. The van der Waals surface area contributed by atoms with Crippen LogP contribution < -0.4 is 10.6 Å². The third kappa shape index (κ3) is 5.17. The highest BCUT2D eigenvalue weighted by Gasteiger charge is 2.27. The van der Waals surface area contributed by atoms with Crippen LogP contribution >= 0.6 is 0 Å². The van der Waals surface area contributed by atoms with Gasteiger partial charge in [0.1, 0.15) is 0 Å². The van der Waals surface area contributed by atoms with Crippen LogP contribution in [-0.2, 0) is 16.0 Å². The molecule has 2 rings (SSSR count). The Balaban J connectivity index is 2.19. The minimum atomic E-state index is -1.22. The van der Waals surface area contributed by atoms with Crippen molar-refractivity contribution in [1.29, 1.82) is 0 Å². The summed E-state index contributed by atoms with van der Waals surface area (Å²) in [6.45, 7) is 4.13. The molecular weight excluding hydrogens is 332 g/mol. The lowest BCUT2D eigenvalue weighted by Crippen LogP contribution is -2.42. The number of imide groups is 1. The van der Waals surface area contributed by atoms with Gasteiger partial charge in [0.15, 0.2) is 0 Å². The van der Waals surface area contributed by atoms with Crippen molar-refractivity contribution in [2.24, 2.45) is 0 Å². The molecule has 0 aromatic heterocycles. The zero-order valence-electron chi connectivity index (χ0n) is 14.8. The van der Waals surface area contributed by atoms with Gasteiger partial charge in [0.05, 0.1) is 5.56 Å². The molecule has 6 nitrogen and oxygen atoms in total. The summed E-state index contributed by atoms with van der Waals surface area (Å²) in [6, 6.07) is 14.9. The maximum Gasteiger partial charge on any atom is 0.339 e. The number of urea groups is 1. The number of rotatable bonds is 6. The Kier molecular flexibility index (Phi) is 6.91. The summed E-state index contributed by atoms with van der Waals surface area (Å²) in [7, 11) is 0. The van der Waals surface area contributed by atoms with E-state index < -0.39 is 24.0 Å². The van der Waals surface area contributed by atoms with E-state index in [4.69, 9.17) is 4.74 Å². The van der Waals surface area contributed by atoms with Crippen LogP contribution in [0, 0.1) is 0 Å². The molecule has 0 fully saturated rings. The average molecular weight is 354 g/mol. The van der Waals surface area contributed by atoms with Gasteiger partial charge in [-0.15, -0.1) is 0 Å². The summed E-state index contributed by atoms with van der Waals surface area (Å²) in [6.07, 6.45) is -0.367. The molecule has 0 aliphatic heterocycles. The zero-order valence-corrected chi connectivity index (χ0v) is 14.8. The molecule has 0 aliphatic carbocycles. The Labute approximate surface area is 152 Å². The van der Waals surface area contributed by atoms with Crippen molar-refractivity contribution in [3.05, 3.63) is 71.3 Å². The molecule has 0 unspecified atom stereocenters. The first-order valence-corrected chi connectivity index (χ1v) is 8.48. The summed E-state index contributed by atoms with van der Waals surface area (Å²) >= 11 is 0. The molecule has 3 amide bonds. The molecule has 2 aromatic carbocycles. The van der Waals surface area contributed by atoms with Crippen LogP contribution in [0.3, 0.4) is 0 Å². The fourth-order valence-corrected chi connectivity index (χ4v) is 2.33. The van der Waals surface area contributed by atoms with Gasteiger partial charge in [-0.05, 0) is 31.0 Å². The predicted molar refractivity (Wildman–Crippen MR) is 97.6 cm³/mol. The Morgan fingerprint density at radius 2 is 1.62 bits per heavy atom. The smallest absolute Gasteiger partial charge is 0.339 e. The number of nitrogens with one attached hydrogen (secondary N) is 2. The molecule has 2 aromatic rings. The van der Waals surface area contributed by atoms with Crippen LogP contribution in [0.5, 0.6) is 0 Å². The molecule has 0 saturated carbocycles. The number of amides is 3. The summed E-state index contributed by atoms with van der Waals surface area (Å²) in [5.74, 6) is -1.34. The fourth-order valence-electron chi connectivity index (χ4n) is 2.33. The molecule has 0 heterocycles. The van der Waals surface area contributed by atoms with Crippen LogP contribution in [0.2, 0.25) is 0 Å². The molecule has 6 heteroatoms. The van der Waals surface area contributed by atoms with E-state index in [1.165, 1.54) is 0 Å². The van der Waals surface area contributed by atoms with E-state index in [9.17, 15) is 14.4 Å². The van der Waals surface area contributed by atoms with Gasteiger partial charge in [0.25, 0.3) is 5.91 Å². The number of hydrogen-bond acceptors (Lipinski definition) is 4. The Bertz CT molecular complexity index is 757. The van der Waals surface area contributed by atoms with E-state index >= 15 is 0 Å². The van der Waals surface area contributed by atoms with Crippen LogP contribution in [-0.4, -0.2) is 24.5 Å². The highest BCUT2D eigenvalue weighted by Crippen LogP contribution is 2.20. The van der Waals surface area contributed by atoms with Crippen molar-refractivity contribution in [2.75, 3.05) is 6.54 Å². The quantitative estimate of drug-likeness (QED) is 0.781. The average Bonchev–Trinajstić information content (AvgIpc) is 2.66. The van der Waals surface area contributed by atoms with Crippen molar-refractivity contribution < 1.29 is 19.1 Å². The van der Waals surface area contributed by atoms with E-state index in [-0.39, 0.29) is 0 Å².